The highest BCUT2D eigenvalue weighted by molar-refractivity contribution is 5.90. The summed E-state index contributed by atoms with van der Waals surface area (Å²) in [4.78, 5) is 14.9. The first kappa shape index (κ1) is 14.5. The minimum Gasteiger partial charge on any atom is -0.504 e. The summed E-state index contributed by atoms with van der Waals surface area (Å²) in [6, 6.07) is 3.52. The zero-order chi connectivity index (χ0) is 16.7. The maximum Gasteiger partial charge on any atom is 0.174 e. The Labute approximate surface area is 140 Å². The van der Waals surface area contributed by atoms with Crippen LogP contribution in [0.1, 0.15) is 30.4 Å². The molecule has 1 aromatic rings. The van der Waals surface area contributed by atoms with Gasteiger partial charge in [-0.05, 0) is 30.9 Å². The lowest BCUT2D eigenvalue weighted by molar-refractivity contribution is -0.187. The van der Waals surface area contributed by atoms with Gasteiger partial charge in [0.2, 0.25) is 0 Å². The molecule has 0 radical (unpaired) electrons. The van der Waals surface area contributed by atoms with Crippen LogP contribution in [0.25, 0.3) is 0 Å². The minimum absolute atomic E-state index is 0.0408. The van der Waals surface area contributed by atoms with Gasteiger partial charge in [0.1, 0.15) is 0 Å². The molecule has 2 aliphatic carbocycles. The first-order valence-electron chi connectivity index (χ1n) is 8.65. The number of nitrogens with zero attached hydrogens (tertiary/aromatic N) is 1. The van der Waals surface area contributed by atoms with Crippen LogP contribution in [0.3, 0.4) is 0 Å². The Morgan fingerprint density at radius 1 is 1.42 bits per heavy atom. The molecule has 126 valence electrons. The highest BCUT2D eigenvalue weighted by Gasteiger charge is 2.72. The van der Waals surface area contributed by atoms with Crippen LogP contribution < -0.4 is 4.74 Å². The van der Waals surface area contributed by atoms with Crippen LogP contribution in [0.2, 0.25) is 0 Å². The number of carbonyl (C=O) groups excluding carboxylic acids is 1. The largest absolute Gasteiger partial charge is 0.504 e. The molecule has 24 heavy (non-hydrogen) atoms. The molecule has 2 bridgehead atoms. The number of piperidine rings is 1. The van der Waals surface area contributed by atoms with Crippen molar-refractivity contribution in [3.8, 4) is 11.5 Å². The Kier molecular flexibility index (Phi) is 2.66. The molecular formula is C19H21NO4. The van der Waals surface area contributed by atoms with Gasteiger partial charge in [-0.15, -0.1) is 6.58 Å². The molecule has 2 unspecified atom stereocenters. The highest BCUT2D eigenvalue weighted by Crippen LogP contribution is 2.64. The van der Waals surface area contributed by atoms with E-state index in [9.17, 15) is 15.0 Å². The van der Waals surface area contributed by atoms with Crippen molar-refractivity contribution in [2.24, 2.45) is 0 Å². The van der Waals surface area contributed by atoms with E-state index >= 15 is 0 Å². The summed E-state index contributed by atoms with van der Waals surface area (Å²) in [5.74, 6) is 0.528. The van der Waals surface area contributed by atoms with Crippen LogP contribution in [-0.2, 0) is 16.6 Å². The van der Waals surface area contributed by atoms with Gasteiger partial charge in [-0.25, -0.2) is 0 Å². The molecule has 2 fully saturated rings. The number of rotatable bonds is 2. The molecule has 5 heteroatoms. The van der Waals surface area contributed by atoms with Crippen LogP contribution in [0.5, 0.6) is 11.5 Å². The summed E-state index contributed by atoms with van der Waals surface area (Å²) in [6.45, 7) is 5.36. The van der Waals surface area contributed by atoms with E-state index in [1.54, 1.807) is 6.07 Å². The van der Waals surface area contributed by atoms with Crippen molar-refractivity contribution in [2.75, 3.05) is 13.1 Å². The van der Waals surface area contributed by atoms with Gasteiger partial charge in [0, 0.05) is 31.1 Å². The van der Waals surface area contributed by atoms with E-state index in [0.29, 0.717) is 31.4 Å². The SMILES string of the molecule is C=CCN1CCC23c4c5ccc(O)c4O[C@H]2C(=O)CC[C@]3(O)C1C5. The maximum absolute atomic E-state index is 12.6. The predicted octanol–water partition coefficient (Wildman–Crippen LogP) is 1.30. The van der Waals surface area contributed by atoms with E-state index < -0.39 is 17.1 Å². The van der Waals surface area contributed by atoms with Crippen molar-refractivity contribution in [2.45, 2.75) is 48.8 Å². The number of ketones is 1. The number of ether oxygens (including phenoxy) is 1. The quantitative estimate of drug-likeness (QED) is 0.802. The summed E-state index contributed by atoms with van der Waals surface area (Å²) < 4.78 is 5.98. The molecule has 1 aromatic carbocycles. The summed E-state index contributed by atoms with van der Waals surface area (Å²) in [7, 11) is 0. The number of aromatic hydroxyl groups is 1. The van der Waals surface area contributed by atoms with Crippen molar-refractivity contribution in [1.29, 1.82) is 0 Å². The Bertz CT molecular complexity index is 775. The van der Waals surface area contributed by atoms with E-state index in [0.717, 1.165) is 24.2 Å². The molecule has 1 saturated heterocycles. The fourth-order valence-corrected chi connectivity index (χ4v) is 5.80. The van der Waals surface area contributed by atoms with Crippen molar-refractivity contribution >= 4 is 5.78 Å². The number of phenols is 1. The van der Waals surface area contributed by atoms with E-state index in [1.165, 1.54) is 0 Å². The number of benzene rings is 1. The molecule has 2 heterocycles. The third-order valence-electron chi connectivity index (χ3n) is 6.73. The van der Waals surface area contributed by atoms with Gasteiger partial charge in [-0.1, -0.05) is 12.1 Å². The number of hydrogen-bond donors (Lipinski definition) is 2. The fraction of sp³-hybridized carbons (Fsp3) is 0.526. The molecule has 0 aromatic heterocycles. The summed E-state index contributed by atoms with van der Waals surface area (Å²) in [5, 5.41) is 22.1. The average molecular weight is 327 g/mol. The molecule has 5 nitrogen and oxygen atoms in total. The van der Waals surface area contributed by atoms with Gasteiger partial charge in [-0.2, -0.15) is 0 Å². The number of Topliss-reactive ketones (excluding diaryl/α,β-unsaturated/α-hetero) is 1. The van der Waals surface area contributed by atoms with Crippen molar-refractivity contribution in [3.63, 3.8) is 0 Å². The average Bonchev–Trinajstić information content (AvgIpc) is 2.91. The third-order valence-corrected chi connectivity index (χ3v) is 6.73. The second kappa shape index (κ2) is 4.41. The van der Waals surface area contributed by atoms with Crippen LogP contribution in [0.4, 0.5) is 0 Å². The van der Waals surface area contributed by atoms with Crippen LogP contribution in [0, 0.1) is 0 Å². The Morgan fingerprint density at radius 2 is 2.25 bits per heavy atom. The lowest BCUT2D eigenvalue weighted by atomic mass is 9.49. The second-order valence-corrected chi connectivity index (χ2v) is 7.56. The topological polar surface area (TPSA) is 70.0 Å². The van der Waals surface area contributed by atoms with Crippen LogP contribution in [0.15, 0.2) is 24.8 Å². The Hall–Kier alpha value is -1.85. The van der Waals surface area contributed by atoms with Gasteiger partial charge >= 0.3 is 0 Å². The maximum atomic E-state index is 12.6. The van der Waals surface area contributed by atoms with E-state index in [-0.39, 0.29) is 17.6 Å². The lowest BCUT2D eigenvalue weighted by Crippen LogP contribution is -2.76. The fourth-order valence-electron chi connectivity index (χ4n) is 5.80. The molecular weight excluding hydrogens is 306 g/mol. The van der Waals surface area contributed by atoms with Crippen LogP contribution >= 0.6 is 0 Å². The molecule has 2 N–H and O–H groups in total. The van der Waals surface area contributed by atoms with Crippen molar-refractivity contribution in [1.82, 2.24) is 4.90 Å². The summed E-state index contributed by atoms with van der Waals surface area (Å²) in [6.07, 6.45) is 3.35. The van der Waals surface area contributed by atoms with Crippen molar-refractivity contribution < 1.29 is 19.7 Å². The van der Waals surface area contributed by atoms with E-state index in [4.69, 9.17) is 4.74 Å². The zero-order valence-corrected chi connectivity index (χ0v) is 13.5. The van der Waals surface area contributed by atoms with Gasteiger partial charge < -0.3 is 14.9 Å². The van der Waals surface area contributed by atoms with Crippen LogP contribution in [-0.4, -0.2) is 51.7 Å². The van der Waals surface area contributed by atoms with Gasteiger partial charge in [0.05, 0.1) is 11.0 Å². The Morgan fingerprint density at radius 3 is 3.04 bits per heavy atom. The molecule has 1 saturated carbocycles. The minimum atomic E-state index is -1.00. The van der Waals surface area contributed by atoms with E-state index in [1.807, 2.05) is 12.1 Å². The summed E-state index contributed by atoms with van der Waals surface area (Å²) >= 11 is 0. The Balaban J connectivity index is 1.80. The lowest BCUT2D eigenvalue weighted by Gasteiger charge is -2.62. The van der Waals surface area contributed by atoms with Gasteiger partial charge in [-0.3, -0.25) is 9.69 Å². The normalized spacial score (nSPS) is 39.3. The number of hydrogen-bond acceptors (Lipinski definition) is 5. The molecule has 4 atom stereocenters. The first-order valence-corrected chi connectivity index (χ1v) is 8.65. The highest BCUT2D eigenvalue weighted by atomic mass is 16.5. The number of carbonyl (C=O) groups is 1. The van der Waals surface area contributed by atoms with Crippen molar-refractivity contribution in [3.05, 3.63) is 35.9 Å². The molecule has 1 spiro atoms. The second-order valence-electron chi connectivity index (χ2n) is 7.56. The monoisotopic (exact) mass is 327 g/mol. The number of phenolic OH excluding ortho intramolecular Hbond substituents is 1. The molecule has 2 aliphatic heterocycles. The molecule has 4 aliphatic rings. The van der Waals surface area contributed by atoms with Gasteiger partial charge in [0.25, 0.3) is 0 Å². The molecule has 0 amide bonds. The predicted molar refractivity (Wildman–Crippen MR) is 87.3 cm³/mol. The third kappa shape index (κ3) is 1.38. The number of likely N-dealkylation sites (tertiary alicyclic amines) is 1. The first-order chi connectivity index (χ1) is 11.5. The number of aliphatic hydroxyl groups is 1. The standard InChI is InChI=1S/C19H21NO4/c1-2-8-20-9-7-18-15-11-3-4-12(21)16(15)24-17(18)13(22)5-6-19(18,23)14(20)10-11/h2-4,14,17,21,23H,1,5-10H2/t14?,17-,18?,19-/m0/s1. The zero-order valence-electron chi connectivity index (χ0n) is 13.5. The summed E-state index contributed by atoms with van der Waals surface area (Å²) in [5.41, 5.74) is 0.256. The van der Waals surface area contributed by atoms with Gasteiger partial charge in [0.15, 0.2) is 23.4 Å². The molecule has 5 rings (SSSR count). The smallest absolute Gasteiger partial charge is 0.174 e. The van der Waals surface area contributed by atoms with E-state index in [2.05, 4.69) is 11.5 Å².